The number of hydrogen-bond donors (Lipinski definition) is 1. The fourth-order valence-corrected chi connectivity index (χ4v) is 1.88. The van der Waals surface area contributed by atoms with Gasteiger partial charge in [-0.2, -0.15) is 9.61 Å². The van der Waals surface area contributed by atoms with E-state index in [0.29, 0.717) is 17.0 Å². The minimum Gasteiger partial charge on any atom is -0.345 e. The third-order valence-corrected chi connectivity index (χ3v) is 2.90. The Morgan fingerprint density at radius 2 is 2.05 bits per heavy atom. The smallest absolute Gasteiger partial charge is 0.251 e. The van der Waals surface area contributed by atoms with Gasteiger partial charge >= 0.3 is 0 Å². The number of rotatable bonds is 4. The summed E-state index contributed by atoms with van der Waals surface area (Å²) in [5, 5.41) is 18.2. The van der Waals surface area contributed by atoms with Crippen LogP contribution < -0.4 is 5.32 Å². The lowest BCUT2D eigenvalue weighted by molar-refractivity contribution is 0.0949. The summed E-state index contributed by atoms with van der Waals surface area (Å²) in [5.74, 6) is 0.420. The van der Waals surface area contributed by atoms with Gasteiger partial charge in [0.05, 0.1) is 6.54 Å². The molecule has 9 nitrogen and oxygen atoms in total. The van der Waals surface area contributed by atoms with Gasteiger partial charge in [0.2, 0.25) is 0 Å². The fourth-order valence-electron chi connectivity index (χ4n) is 1.88. The van der Waals surface area contributed by atoms with Crippen LogP contribution in [0, 0.1) is 0 Å². The number of azide groups is 1. The molecule has 2 aromatic heterocycles. The highest BCUT2D eigenvalue weighted by Gasteiger charge is 2.10. The van der Waals surface area contributed by atoms with Crippen LogP contribution in [0.1, 0.15) is 16.2 Å². The van der Waals surface area contributed by atoms with E-state index in [1.54, 1.807) is 30.3 Å². The number of fused-ring (bicyclic) bond motifs is 1. The molecule has 0 atom stereocenters. The second-order valence-electron chi connectivity index (χ2n) is 4.32. The van der Waals surface area contributed by atoms with Gasteiger partial charge in [-0.1, -0.05) is 18.2 Å². The molecule has 1 N–H and O–H groups in total. The minimum absolute atomic E-state index is 0.154. The molecule has 3 aromatic rings. The molecule has 0 aliphatic rings. The first-order valence-corrected chi connectivity index (χ1v) is 6.37. The molecule has 1 aromatic carbocycles. The van der Waals surface area contributed by atoms with Gasteiger partial charge in [0, 0.05) is 10.5 Å². The Balaban J connectivity index is 1.80. The standard InChI is InChI=1S/C13H10N8O/c14-20-16-10-6-7-11-17-18-12(21(11)19-10)8-15-13(22)9-4-2-1-3-5-9/h1-7H,8H2,(H,15,22). The summed E-state index contributed by atoms with van der Waals surface area (Å²) in [7, 11) is 0. The summed E-state index contributed by atoms with van der Waals surface area (Å²) < 4.78 is 1.43. The summed E-state index contributed by atoms with van der Waals surface area (Å²) >= 11 is 0. The molecule has 0 bridgehead atoms. The molecule has 22 heavy (non-hydrogen) atoms. The average molecular weight is 294 g/mol. The van der Waals surface area contributed by atoms with Gasteiger partial charge < -0.3 is 5.32 Å². The third kappa shape index (κ3) is 2.69. The van der Waals surface area contributed by atoms with E-state index in [1.807, 2.05) is 6.07 Å². The Kier molecular flexibility index (Phi) is 3.63. The van der Waals surface area contributed by atoms with Crippen LogP contribution >= 0.6 is 0 Å². The van der Waals surface area contributed by atoms with Crippen molar-refractivity contribution in [3.05, 3.63) is 64.3 Å². The Morgan fingerprint density at radius 1 is 1.23 bits per heavy atom. The number of nitrogens with zero attached hydrogens (tertiary/aromatic N) is 7. The number of carbonyl (C=O) groups excluding carboxylic acids is 1. The van der Waals surface area contributed by atoms with Crippen molar-refractivity contribution in [2.75, 3.05) is 0 Å². The van der Waals surface area contributed by atoms with E-state index in [2.05, 4.69) is 30.6 Å². The van der Waals surface area contributed by atoms with Crippen molar-refractivity contribution >= 4 is 17.4 Å². The lowest BCUT2D eigenvalue weighted by Crippen LogP contribution is -2.24. The van der Waals surface area contributed by atoms with Crippen molar-refractivity contribution < 1.29 is 4.79 Å². The Labute approximate surface area is 124 Å². The number of hydrogen-bond acceptors (Lipinski definition) is 5. The summed E-state index contributed by atoms with van der Waals surface area (Å²) in [6.07, 6.45) is 0. The van der Waals surface area contributed by atoms with Gasteiger partial charge in [0.25, 0.3) is 5.91 Å². The second kappa shape index (κ2) is 5.90. The molecule has 0 unspecified atom stereocenters. The highest BCUT2D eigenvalue weighted by atomic mass is 16.1. The van der Waals surface area contributed by atoms with Crippen LogP contribution in [0.5, 0.6) is 0 Å². The van der Waals surface area contributed by atoms with E-state index < -0.39 is 0 Å². The summed E-state index contributed by atoms with van der Waals surface area (Å²) in [6.45, 7) is 0.154. The largest absolute Gasteiger partial charge is 0.345 e. The predicted molar refractivity (Wildman–Crippen MR) is 77.2 cm³/mol. The molecule has 0 saturated heterocycles. The highest BCUT2D eigenvalue weighted by molar-refractivity contribution is 5.93. The second-order valence-corrected chi connectivity index (χ2v) is 4.32. The van der Waals surface area contributed by atoms with E-state index in [9.17, 15) is 4.79 Å². The monoisotopic (exact) mass is 294 g/mol. The maximum Gasteiger partial charge on any atom is 0.251 e. The zero-order valence-corrected chi connectivity index (χ0v) is 11.3. The lowest BCUT2D eigenvalue weighted by atomic mass is 10.2. The Morgan fingerprint density at radius 3 is 2.82 bits per heavy atom. The van der Waals surface area contributed by atoms with Crippen molar-refractivity contribution in [1.82, 2.24) is 25.1 Å². The summed E-state index contributed by atoms with van der Waals surface area (Å²) in [6, 6.07) is 12.0. The third-order valence-electron chi connectivity index (χ3n) is 2.90. The molecular formula is C13H10N8O. The quantitative estimate of drug-likeness (QED) is 0.449. The molecule has 3 rings (SSSR count). The van der Waals surface area contributed by atoms with Crippen molar-refractivity contribution in [3.63, 3.8) is 0 Å². The lowest BCUT2D eigenvalue weighted by Gasteiger charge is -2.03. The fraction of sp³-hybridized carbons (Fsp3) is 0.0769. The van der Waals surface area contributed by atoms with Gasteiger partial charge in [-0.25, -0.2) is 0 Å². The van der Waals surface area contributed by atoms with E-state index in [-0.39, 0.29) is 18.3 Å². The molecular weight excluding hydrogens is 284 g/mol. The van der Waals surface area contributed by atoms with Crippen molar-refractivity contribution in [2.24, 2.45) is 5.11 Å². The van der Waals surface area contributed by atoms with Crippen LogP contribution in [0.15, 0.2) is 47.6 Å². The van der Waals surface area contributed by atoms with Crippen molar-refractivity contribution in [2.45, 2.75) is 6.54 Å². The minimum atomic E-state index is -0.219. The van der Waals surface area contributed by atoms with Gasteiger partial charge in [-0.3, -0.25) is 4.79 Å². The zero-order chi connectivity index (χ0) is 15.4. The van der Waals surface area contributed by atoms with Crippen LogP contribution in [0.2, 0.25) is 0 Å². The topological polar surface area (TPSA) is 121 Å². The molecule has 0 spiro atoms. The first-order chi connectivity index (χ1) is 10.8. The predicted octanol–water partition coefficient (Wildman–Crippen LogP) is 2.00. The van der Waals surface area contributed by atoms with Gasteiger partial charge in [-0.05, 0) is 34.9 Å². The molecule has 0 aliphatic heterocycles. The van der Waals surface area contributed by atoms with E-state index in [1.165, 1.54) is 10.6 Å². The highest BCUT2D eigenvalue weighted by Crippen LogP contribution is 2.10. The van der Waals surface area contributed by atoms with Gasteiger partial charge in [0.1, 0.15) is 5.82 Å². The van der Waals surface area contributed by atoms with Crippen LogP contribution in [-0.4, -0.2) is 25.7 Å². The van der Waals surface area contributed by atoms with Crippen LogP contribution in [0.3, 0.4) is 0 Å². The number of nitrogens with one attached hydrogen (secondary N) is 1. The first kappa shape index (κ1) is 13.5. The van der Waals surface area contributed by atoms with Crippen LogP contribution in [0.4, 0.5) is 5.82 Å². The van der Waals surface area contributed by atoms with E-state index >= 15 is 0 Å². The van der Waals surface area contributed by atoms with Crippen molar-refractivity contribution in [3.8, 4) is 0 Å². The SMILES string of the molecule is [N-]=[N+]=Nc1ccc2nnc(CNC(=O)c3ccccc3)n2n1. The number of aromatic nitrogens is 4. The molecule has 2 heterocycles. The first-order valence-electron chi connectivity index (χ1n) is 6.37. The summed E-state index contributed by atoms with van der Waals surface area (Å²) in [5.41, 5.74) is 9.49. The molecule has 0 aliphatic carbocycles. The number of amides is 1. The van der Waals surface area contributed by atoms with E-state index in [4.69, 9.17) is 5.53 Å². The molecule has 1 amide bonds. The van der Waals surface area contributed by atoms with Crippen LogP contribution in [0.25, 0.3) is 16.1 Å². The Hall–Kier alpha value is -3.45. The average Bonchev–Trinajstić information content (AvgIpc) is 2.96. The van der Waals surface area contributed by atoms with E-state index in [0.717, 1.165) is 0 Å². The maximum absolute atomic E-state index is 12.0. The molecule has 108 valence electrons. The zero-order valence-electron chi connectivity index (χ0n) is 11.3. The number of benzene rings is 1. The van der Waals surface area contributed by atoms with Crippen LogP contribution in [-0.2, 0) is 6.54 Å². The number of carbonyl (C=O) groups is 1. The molecule has 9 heteroatoms. The Bertz CT molecular complexity index is 866. The molecule has 0 saturated carbocycles. The van der Waals surface area contributed by atoms with Gasteiger partial charge in [-0.15, -0.1) is 10.2 Å². The normalized spacial score (nSPS) is 10.2. The van der Waals surface area contributed by atoms with Gasteiger partial charge in [0.15, 0.2) is 11.5 Å². The summed E-state index contributed by atoms with van der Waals surface area (Å²) in [4.78, 5) is 14.7. The maximum atomic E-state index is 12.0. The van der Waals surface area contributed by atoms with Crippen molar-refractivity contribution in [1.29, 1.82) is 0 Å². The molecule has 0 fully saturated rings. The molecule has 0 radical (unpaired) electrons.